The van der Waals surface area contributed by atoms with Gasteiger partial charge in [-0.25, -0.2) is 19.2 Å². The number of hydrogen-bond donors (Lipinski definition) is 1. The van der Waals surface area contributed by atoms with E-state index >= 15 is 0 Å². The normalized spacial score (nSPS) is 18.5. The van der Waals surface area contributed by atoms with E-state index < -0.39 is 18.0 Å². The minimum Gasteiger partial charge on any atom is -0.442 e. The standard InChI is InChI=1S/C19H19Cl3FN7O3/c1-10(31)24-8-12-9-30(19(32)33-12)11-6-13(23)16(25-7-11)28-2-4-29(5-3-28)17-14(20)15(21)26-18(22)27-17/h6-7,12H,2-5,8-9H2,1H3,(H,24,31)/t12-/m0/s1. The molecular weight excluding hydrogens is 500 g/mol. The van der Waals surface area contributed by atoms with E-state index in [2.05, 4.69) is 20.3 Å². The summed E-state index contributed by atoms with van der Waals surface area (Å²) in [4.78, 5) is 40.4. The summed E-state index contributed by atoms with van der Waals surface area (Å²) in [5, 5.41) is 2.86. The number of cyclic esters (lactones) is 1. The Morgan fingerprint density at radius 3 is 2.48 bits per heavy atom. The molecule has 0 unspecified atom stereocenters. The van der Waals surface area contributed by atoms with Gasteiger partial charge in [0.2, 0.25) is 11.2 Å². The van der Waals surface area contributed by atoms with Crippen molar-refractivity contribution in [3.05, 3.63) is 33.5 Å². The monoisotopic (exact) mass is 517 g/mol. The first-order valence-electron chi connectivity index (χ1n) is 9.99. The molecule has 2 aromatic rings. The second-order valence-electron chi connectivity index (χ2n) is 7.45. The summed E-state index contributed by atoms with van der Waals surface area (Å²) >= 11 is 18.1. The van der Waals surface area contributed by atoms with Crippen LogP contribution in [0.2, 0.25) is 15.5 Å². The summed E-state index contributed by atoms with van der Waals surface area (Å²) in [5.41, 5.74) is 0.280. The predicted octanol–water partition coefficient (Wildman–Crippen LogP) is 2.76. The van der Waals surface area contributed by atoms with Crippen molar-refractivity contribution in [2.45, 2.75) is 13.0 Å². The number of carbonyl (C=O) groups is 2. The first kappa shape index (κ1) is 23.5. The first-order valence-corrected chi connectivity index (χ1v) is 11.1. The van der Waals surface area contributed by atoms with E-state index in [1.165, 1.54) is 24.1 Å². The fourth-order valence-corrected chi connectivity index (χ4v) is 4.20. The van der Waals surface area contributed by atoms with Gasteiger partial charge in [-0.05, 0) is 11.6 Å². The lowest BCUT2D eigenvalue weighted by atomic mass is 10.2. The minimum absolute atomic E-state index is 0.00937. The molecule has 2 saturated heterocycles. The van der Waals surface area contributed by atoms with Gasteiger partial charge in [0.15, 0.2) is 22.6 Å². The number of nitrogens with zero attached hydrogens (tertiary/aromatic N) is 6. The zero-order valence-electron chi connectivity index (χ0n) is 17.4. The molecule has 1 N–H and O–H groups in total. The molecule has 4 rings (SSSR count). The van der Waals surface area contributed by atoms with Crippen LogP contribution in [0.5, 0.6) is 0 Å². The highest BCUT2D eigenvalue weighted by atomic mass is 35.5. The molecule has 33 heavy (non-hydrogen) atoms. The maximum atomic E-state index is 14.9. The first-order chi connectivity index (χ1) is 15.7. The van der Waals surface area contributed by atoms with Crippen LogP contribution in [0, 0.1) is 5.82 Å². The van der Waals surface area contributed by atoms with Crippen LogP contribution >= 0.6 is 34.8 Å². The van der Waals surface area contributed by atoms with Crippen molar-refractivity contribution in [1.82, 2.24) is 20.3 Å². The SMILES string of the molecule is CC(=O)NC[C@H]1CN(c2cnc(N3CCN(c4nc(Cl)nc(Cl)c4Cl)CC3)c(F)c2)C(=O)O1. The van der Waals surface area contributed by atoms with E-state index in [0.29, 0.717) is 32.0 Å². The number of halogens is 4. The molecule has 1 atom stereocenters. The van der Waals surface area contributed by atoms with Crippen LogP contribution in [0.4, 0.5) is 26.5 Å². The van der Waals surface area contributed by atoms with Gasteiger partial charge < -0.3 is 19.9 Å². The van der Waals surface area contributed by atoms with Crippen LogP contribution in [-0.2, 0) is 9.53 Å². The molecule has 2 aliphatic heterocycles. The third-order valence-electron chi connectivity index (χ3n) is 5.22. The molecular formula is C19H19Cl3FN7O3. The Morgan fingerprint density at radius 2 is 1.85 bits per heavy atom. The number of carbonyl (C=O) groups excluding carboxylic acids is 2. The molecule has 14 heteroatoms. The maximum absolute atomic E-state index is 14.9. The smallest absolute Gasteiger partial charge is 0.414 e. The number of nitrogens with one attached hydrogen (secondary N) is 1. The van der Waals surface area contributed by atoms with Crippen LogP contribution in [0.15, 0.2) is 12.3 Å². The van der Waals surface area contributed by atoms with Crippen molar-refractivity contribution >= 4 is 64.1 Å². The van der Waals surface area contributed by atoms with Gasteiger partial charge >= 0.3 is 6.09 Å². The van der Waals surface area contributed by atoms with E-state index in [-0.39, 0.29) is 46.0 Å². The predicted molar refractivity (Wildman–Crippen MR) is 122 cm³/mol. The number of amides is 2. The fraction of sp³-hybridized carbons (Fsp3) is 0.421. The van der Waals surface area contributed by atoms with Gasteiger partial charge in [-0.1, -0.05) is 23.2 Å². The zero-order chi connectivity index (χ0) is 23.7. The van der Waals surface area contributed by atoms with Crippen molar-refractivity contribution in [2.24, 2.45) is 0 Å². The highest BCUT2D eigenvalue weighted by molar-refractivity contribution is 6.43. The number of anilines is 3. The quantitative estimate of drug-likeness (QED) is 0.476. The van der Waals surface area contributed by atoms with E-state index in [9.17, 15) is 14.0 Å². The van der Waals surface area contributed by atoms with Gasteiger partial charge in [0.05, 0.1) is 25.0 Å². The molecule has 0 bridgehead atoms. The van der Waals surface area contributed by atoms with E-state index in [1.807, 2.05) is 4.90 Å². The third kappa shape index (κ3) is 5.15. The average Bonchev–Trinajstić information content (AvgIpc) is 3.15. The Hall–Kier alpha value is -2.63. The molecule has 0 aliphatic carbocycles. The summed E-state index contributed by atoms with van der Waals surface area (Å²) in [6.45, 7) is 3.60. The summed E-state index contributed by atoms with van der Waals surface area (Å²) in [5.74, 6) is -0.197. The van der Waals surface area contributed by atoms with Crippen molar-refractivity contribution < 1.29 is 18.7 Å². The van der Waals surface area contributed by atoms with E-state index in [0.717, 1.165) is 0 Å². The Kier molecular flexibility index (Phi) is 6.91. The van der Waals surface area contributed by atoms with Gasteiger partial charge in [0, 0.05) is 39.2 Å². The van der Waals surface area contributed by atoms with Crippen LogP contribution in [0.1, 0.15) is 6.92 Å². The van der Waals surface area contributed by atoms with E-state index in [1.54, 1.807) is 4.90 Å². The van der Waals surface area contributed by atoms with Crippen LogP contribution < -0.4 is 20.0 Å². The Labute approximate surface area is 203 Å². The number of piperazine rings is 1. The largest absolute Gasteiger partial charge is 0.442 e. The molecule has 0 radical (unpaired) electrons. The van der Waals surface area contributed by atoms with E-state index in [4.69, 9.17) is 39.5 Å². The summed E-state index contributed by atoms with van der Waals surface area (Å²) in [6.07, 6.45) is 0.285. The molecule has 2 fully saturated rings. The summed E-state index contributed by atoms with van der Waals surface area (Å²) < 4.78 is 20.1. The number of aromatic nitrogens is 3. The molecule has 0 spiro atoms. The minimum atomic E-state index is -0.619. The highest BCUT2D eigenvalue weighted by Crippen LogP contribution is 2.32. The number of rotatable bonds is 5. The topological polar surface area (TPSA) is 104 Å². The molecule has 0 saturated carbocycles. The van der Waals surface area contributed by atoms with Crippen molar-refractivity contribution in [2.75, 3.05) is 54.0 Å². The van der Waals surface area contributed by atoms with Crippen molar-refractivity contribution in [1.29, 1.82) is 0 Å². The lowest BCUT2D eigenvalue weighted by Crippen LogP contribution is -2.47. The van der Waals surface area contributed by atoms with Crippen LogP contribution in [0.25, 0.3) is 0 Å². The van der Waals surface area contributed by atoms with Crippen molar-refractivity contribution in [3.8, 4) is 0 Å². The molecule has 10 nitrogen and oxygen atoms in total. The lowest BCUT2D eigenvalue weighted by molar-refractivity contribution is -0.119. The van der Waals surface area contributed by atoms with Crippen molar-refractivity contribution in [3.63, 3.8) is 0 Å². The van der Waals surface area contributed by atoms with Crippen LogP contribution in [0.3, 0.4) is 0 Å². The second kappa shape index (κ2) is 9.70. The maximum Gasteiger partial charge on any atom is 0.414 e. The molecule has 0 aromatic carbocycles. The van der Waals surface area contributed by atoms with Gasteiger partial charge in [-0.15, -0.1) is 0 Å². The Balaban J connectivity index is 1.41. The number of ether oxygens (including phenoxy) is 1. The Bertz CT molecular complexity index is 1080. The summed E-state index contributed by atoms with van der Waals surface area (Å²) in [6, 6.07) is 1.25. The second-order valence-corrected chi connectivity index (χ2v) is 8.52. The summed E-state index contributed by atoms with van der Waals surface area (Å²) in [7, 11) is 0. The number of pyridine rings is 1. The highest BCUT2D eigenvalue weighted by Gasteiger charge is 2.33. The molecule has 2 amide bonds. The molecule has 2 aliphatic rings. The molecule has 4 heterocycles. The fourth-order valence-electron chi connectivity index (χ4n) is 3.62. The zero-order valence-corrected chi connectivity index (χ0v) is 19.7. The Morgan fingerprint density at radius 1 is 1.18 bits per heavy atom. The van der Waals surface area contributed by atoms with Gasteiger partial charge in [0.25, 0.3) is 0 Å². The molecule has 176 valence electrons. The van der Waals surface area contributed by atoms with Gasteiger partial charge in [-0.3, -0.25) is 9.69 Å². The number of hydrogen-bond acceptors (Lipinski definition) is 8. The van der Waals surface area contributed by atoms with Gasteiger partial charge in [-0.2, -0.15) is 4.98 Å². The lowest BCUT2D eigenvalue weighted by Gasteiger charge is -2.36. The van der Waals surface area contributed by atoms with Gasteiger partial charge in [0.1, 0.15) is 11.1 Å². The molecule has 2 aromatic heterocycles. The van der Waals surface area contributed by atoms with Crippen LogP contribution in [-0.4, -0.2) is 72.3 Å². The third-order valence-corrected chi connectivity index (χ3v) is 6.10. The average molecular weight is 519 g/mol.